The lowest BCUT2D eigenvalue weighted by molar-refractivity contribution is 0.395. The highest BCUT2D eigenvalue weighted by molar-refractivity contribution is 6.31. The summed E-state index contributed by atoms with van der Waals surface area (Å²) in [5, 5.41) is 13.1. The van der Waals surface area contributed by atoms with E-state index in [0.29, 0.717) is 53.4 Å². The summed E-state index contributed by atoms with van der Waals surface area (Å²) in [6, 6.07) is 28.0. The first-order chi connectivity index (χ1) is 25.0. The van der Waals surface area contributed by atoms with Crippen LogP contribution < -0.4 is 35.1 Å². The summed E-state index contributed by atoms with van der Waals surface area (Å²) >= 11 is 6.33. The molecule has 2 aromatic heterocycles. The number of hydrogen-bond acceptors (Lipinski definition) is 11. The summed E-state index contributed by atoms with van der Waals surface area (Å²) in [5.74, 6) is 4.19. The average molecular weight is 705 g/mol. The van der Waals surface area contributed by atoms with Crippen molar-refractivity contribution in [2.75, 3.05) is 68.4 Å². The van der Waals surface area contributed by atoms with Gasteiger partial charge >= 0.3 is 0 Å². The number of hydrogen-bond donors (Lipinski definition) is 3. The molecule has 1 aliphatic heterocycles. The van der Waals surface area contributed by atoms with Crippen molar-refractivity contribution in [3.63, 3.8) is 0 Å². The van der Waals surface area contributed by atoms with Gasteiger partial charge in [-0.15, -0.1) is 0 Å². The molecule has 1 saturated heterocycles. The molecule has 0 aliphatic carbocycles. The third-order valence-corrected chi connectivity index (χ3v) is 9.40. The van der Waals surface area contributed by atoms with Gasteiger partial charge in [0.05, 0.1) is 38.1 Å². The Morgan fingerprint density at radius 1 is 0.686 bits per heavy atom. The zero-order valence-electron chi connectivity index (χ0n) is 28.9. The van der Waals surface area contributed by atoms with Crippen LogP contribution in [0.3, 0.4) is 0 Å². The molecule has 0 bridgehead atoms. The number of nitrogens with one attached hydrogen (secondary N) is 3. The Kier molecular flexibility index (Phi) is 10.3. The van der Waals surface area contributed by atoms with Gasteiger partial charge in [0.1, 0.15) is 17.2 Å². The summed E-state index contributed by atoms with van der Waals surface area (Å²) < 4.78 is 16.5. The number of ether oxygens (including phenoxy) is 3. The summed E-state index contributed by atoms with van der Waals surface area (Å²) in [6.07, 6.45) is 2.84. The minimum absolute atomic E-state index is 0.434. The zero-order valence-corrected chi connectivity index (χ0v) is 29.7. The van der Waals surface area contributed by atoms with E-state index in [0.717, 1.165) is 71.3 Å². The van der Waals surface area contributed by atoms with Crippen LogP contribution in [0.1, 0.15) is 30.7 Å². The second-order valence-electron chi connectivity index (χ2n) is 12.4. The molecule has 3 N–H and O–H groups in total. The molecule has 0 radical (unpaired) electrons. The van der Waals surface area contributed by atoms with Crippen LogP contribution in [0.15, 0.2) is 84.9 Å². The van der Waals surface area contributed by atoms with Crippen molar-refractivity contribution in [2.45, 2.75) is 25.2 Å². The standard InChI is InChI=1S/C39H41ClN8O3/c1-49-29-11-13-34-33(24-29)36(32-12-10-27(40)20-35(32)44-34)41-16-7-17-42-37-45-38(43-28-21-30(50-2)23-31(22-28)51-3)47-39(46-37)48-18-14-26(15-19-48)25-8-5-4-6-9-25/h4-6,8-13,20-24,26H,7,14-19H2,1-3H3,(H,41,44)(H2,42,43,45,46,47). The number of pyridine rings is 1. The molecule has 0 amide bonds. The molecule has 262 valence electrons. The first-order valence-corrected chi connectivity index (χ1v) is 17.5. The topological polar surface area (TPSA) is 119 Å². The van der Waals surface area contributed by atoms with Crippen LogP contribution >= 0.6 is 11.6 Å². The fourth-order valence-electron chi connectivity index (χ4n) is 6.50. The van der Waals surface area contributed by atoms with Crippen molar-refractivity contribution >= 4 is 62.6 Å². The molecule has 4 aromatic carbocycles. The van der Waals surface area contributed by atoms with Crippen molar-refractivity contribution in [2.24, 2.45) is 0 Å². The maximum atomic E-state index is 6.33. The van der Waals surface area contributed by atoms with Gasteiger partial charge in [-0.25, -0.2) is 4.98 Å². The molecule has 6 aromatic rings. The van der Waals surface area contributed by atoms with E-state index in [1.165, 1.54) is 5.56 Å². The van der Waals surface area contributed by atoms with Crippen molar-refractivity contribution < 1.29 is 14.2 Å². The quantitative estimate of drug-likeness (QED) is 0.0796. The normalized spacial score (nSPS) is 13.3. The Morgan fingerprint density at radius 3 is 2.16 bits per heavy atom. The Labute approximate surface area is 302 Å². The van der Waals surface area contributed by atoms with E-state index >= 15 is 0 Å². The highest BCUT2D eigenvalue weighted by atomic mass is 35.5. The summed E-state index contributed by atoms with van der Waals surface area (Å²) in [4.78, 5) is 21.6. The van der Waals surface area contributed by atoms with E-state index in [9.17, 15) is 0 Å². The van der Waals surface area contributed by atoms with Gasteiger partial charge in [0.25, 0.3) is 0 Å². The van der Waals surface area contributed by atoms with Gasteiger partial charge in [-0.05, 0) is 67.1 Å². The third kappa shape index (κ3) is 7.94. The molecule has 11 nitrogen and oxygen atoms in total. The van der Waals surface area contributed by atoms with Gasteiger partial charge in [0, 0.05) is 65.9 Å². The fraction of sp³-hybridized carbons (Fsp3) is 0.282. The second-order valence-corrected chi connectivity index (χ2v) is 12.9. The minimum atomic E-state index is 0.434. The zero-order chi connectivity index (χ0) is 35.2. The van der Waals surface area contributed by atoms with Gasteiger partial charge in [-0.1, -0.05) is 41.9 Å². The lowest BCUT2D eigenvalue weighted by atomic mass is 9.90. The van der Waals surface area contributed by atoms with Crippen LogP contribution in [0.4, 0.5) is 29.2 Å². The van der Waals surface area contributed by atoms with Crippen molar-refractivity contribution in [3.05, 3.63) is 95.5 Å². The number of nitrogens with zero attached hydrogens (tertiary/aromatic N) is 5. The van der Waals surface area contributed by atoms with E-state index < -0.39 is 0 Å². The lowest BCUT2D eigenvalue weighted by Gasteiger charge is -2.32. The van der Waals surface area contributed by atoms with Gasteiger partial charge in [0.2, 0.25) is 17.8 Å². The maximum Gasteiger partial charge on any atom is 0.233 e. The van der Waals surface area contributed by atoms with Crippen LogP contribution in [0.5, 0.6) is 17.2 Å². The molecular formula is C39H41ClN8O3. The molecule has 1 aliphatic rings. The molecule has 1 fully saturated rings. The number of methoxy groups -OCH3 is 3. The second kappa shape index (κ2) is 15.6. The minimum Gasteiger partial charge on any atom is -0.497 e. The van der Waals surface area contributed by atoms with Gasteiger partial charge < -0.3 is 35.1 Å². The molecule has 12 heteroatoms. The Balaban J connectivity index is 1.08. The summed E-state index contributed by atoms with van der Waals surface area (Å²) in [6.45, 7) is 3.03. The highest BCUT2D eigenvalue weighted by Gasteiger charge is 2.23. The molecule has 0 unspecified atom stereocenters. The molecule has 0 saturated carbocycles. The number of anilines is 5. The van der Waals surface area contributed by atoms with Crippen LogP contribution in [0, 0.1) is 0 Å². The summed E-state index contributed by atoms with van der Waals surface area (Å²) in [5.41, 5.74) is 4.82. The predicted octanol–water partition coefficient (Wildman–Crippen LogP) is 8.29. The molecular weight excluding hydrogens is 664 g/mol. The first kappa shape index (κ1) is 33.9. The van der Waals surface area contributed by atoms with Gasteiger partial charge in [-0.3, -0.25) is 0 Å². The number of piperidine rings is 1. The smallest absolute Gasteiger partial charge is 0.233 e. The summed E-state index contributed by atoms with van der Waals surface area (Å²) in [7, 11) is 4.92. The number of fused-ring (bicyclic) bond motifs is 2. The van der Waals surface area contributed by atoms with Crippen LogP contribution in [0.25, 0.3) is 21.8 Å². The monoisotopic (exact) mass is 704 g/mol. The van der Waals surface area contributed by atoms with Crippen LogP contribution in [0.2, 0.25) is 5.02 Å². The Morgan fingerprint density at radius 2 is 1.41 bits per heavy atom. The van der Waals surface area contributed by atoms with E-state index in [4.69, 9.17) is 45.7 Å². The molecule has 7 rings (SSSR count). The Bertz CT molecular complexity index is 2100. The van der Waals surface area contributed by atoms with Crippen molar-refractivity contribution in [3.8, 4) is 17.2 Å². The first-order valence-electron chi connectivity index (χ1n) is 17.1. The maximum absolute atomic E-state index is 6.33. The number of rotatable bonds is 13. The SMILES string of the molecule is COc1cc(Nc2nc(NCCCNc3c4ccc(Cl)cc4nc4ccc(OC)cc34)nc(N3CCC(c4ccccc4)CC3)n2)cc(OC)c1. The number of halogens is 1. The molecule has 51 heavy (non-hydrogen) atoms. The highest BCUT2D eigenvalue weighted by Crippen LogP contribution is 2.35. The third-order valence-electron chi connectivity index (χ3n) is 9.16. The van der Waals surface area contributed by atoms with Crippen LogP contribution in [-0.2, 0) is 0 Å². The van der Waals surface area contributed by atoms with Gasteiger partial charge in [-0.2, -0.15) is 15.0 Å². The lowest BCUT2D eigenvalue weighted by Crippen LogP contribution is -2.34. The Hall–Kier alpha value is -5.55. The molecule has 3 heterocycles. The van der Waals surface area contributed by atoms with E-state index in [1.54, 1.807) is 21.3 Å². The predicted molar refractivity (Wildman–Crippen MR) is 206 cm³/mol. The van der Waals surface area contributed by atoms with Crippen molar-refractivity contribution in [1.29, 1.82) is 0 Å². The van der Waals surface area contributed by atoms with Crippen LogP contribution in [-0.4, -0.2) is 67.4 Å². The van der Waals surface area contributed by atoms with Crippen molar-refractivity contribution in [1.82, 2.24) is 19.9 Å². The largest absolute Gasteiger partial charge is 0.497 e. The number of benzene rings is 4. The fourth-order valence-corrected chi connectivity index (χ4v) is 6.67. The average Bonchev–Trinajstić information content (AvgIpc) is 3.17. The molecule has 0 atom stereocenters. The molecule has 0 spiro atoms. The van der Waals surface area contributed by atoms with E-state index in [1.807, 2.05) is 54.6 Å². The van der Waals surface area contributed by atoms with Gasteiger partial charge in [0.15, 0.2) is 0 Å². The van der Waals surface area contributed by atoms with E-state index in [-0.39, 0.29) is 0 Å². The number of aromatic nitrogens is 4. The van der Waals surface area contributed by atoms with E-state index in [2.05, 4.69) is 51.2 Å².